The van der Waals surface area contributed by atoms with Gasteiger partial charge in [0.1, 0.15) is 0 Å². The van der Waals surface area contributed by atoms with E-state index in [1.807, 2.05) is 30.5 Å². The van der Waals surface area contributed by atoms with Crippen LogP contribution < -0.4 is 14.3 Å². The number of carbonyl (C=O) groups is 1. The predicted octanol–water partition coefficient (Wildman–Crippen LogP) is 3.61. The molecule has 0 atom stereocenters. The minimum Gasteiger partial charge on any atom is -0.454 e. The summed E-state index contributed by atoms with van der Waals surface area (Å²) in [4.78, 5) is 17.8. The Morgan fingerprint density at radius 1 is 1.16 bits per heavy atom. The average Bonchev–Trinajstić information content (AvgIpc) is 3.38. The van der Waals surface area contributed by atoms with Crippen LogP contribution in [0.15, 0.2) is 46.3 Å². The van der Waals surface area contributed by atoms with Crippen molar-refractivity contribution in [2.75, 3.05) is 20.4 Å². The fraction of sp³-hybridized carbons (Fsp3) is 0.364. The molecule has 170 valence electrons. The Bertz CT molecular complexity index is 1320. The SMILES string of the molecule is CCCCN(C)S(=O)(=O)c1ccc(C(=O)N=c2sc3cc4c(cc3n2CC)OCO4)cc1. The second-order valence-corrected chi connectivity index (χ2v) is 10.5. The Morgan fingerprint density at radius 2 is 1.84 bits per heavy atom. The van der Waals surface area contributed by atoms with E-state index in [9.17, 15) is 13.2 Å². The van der Waals surface area contributed by atoms with E-state index in [4.69, 9.17) is 9.47 Å². The molecule has 0 spiro atoms. The Labute approximate surface area is 190 Å². The highest BCUT2D eigenvalue weighted by atomic mass is 32.2. The lowest BCUT2D eigenvalue weighted by atomic mass is 10.2. The molecular weight excluding hydrogens is 450 g/mol. The Balaban J connectivity index is 1.63. The number of unbranched alkanes of at least 4 members (excludes halogenated alkanes) is 1. The van der Waals surface area contributed by atoms with Crippen molar-refractivity contribution in [3.05, 3.63) is 46.8 Å². The third-order valence-electron chi connectivity index (χ3n) is 5.33. The first-order valence-electron chi connectivity index (χ1n) is 10.4. The van der Waals surface area contributed by atoms with Gasteiger partial charge in [-0.25, -0.2) is 12.7 Å². The number of aromatic nitrogens is 1. The van der Waals surface area contributed by atoms with Crippen molar-refractivity contribution in [2.45, 2.75) is 38.1 Å². The molecule has 3 aromatic rings. The zero-order valence-corrected chi connectivity index (χ0v) is 19.8. The molecule has 1 aromatic heterocycles. The quantitative estimate of drug-likeness (QED) is 0.521. The van der Waals surface area contributed by atoms with Crippen molar-refractivity contribution in [3.8, 4) is 11.5 Å². The van der Waals surface area contributed by atoms with Crippen molar-refractivity contribution < 1.29 is 22.7 Å². The van der Waals surface area contributed by atoms with Gasteiger partial charge in [-0.2, -0.15) is 4.99 Å². The minimum absolute atomic E-state index is 0.160. The zero-order chi connectivity index (χ0) is 22.9. The second kappa shape index (κ2) is 9.05. The third kappa shape index (κ3) is 4.17. The summed E-state index contributed by atoms with van der Waals surface area (Å²) in [6.07, 6.45) is 1.70. The van der Waals surface area contributed by atoms with Gasteiger partial charge in [-0.15, -0.1) is 0 Å². The molecule has 0 N–H and O–H groups in total. The number of ether oxygens (including phenoxy) is 2. The van der Waals surface area contributed by atoms with Crippen molar-refractivity contribution >= 4 is 37.5 Å². The van der Waals surface area contributed by atoms with E-state index in [1.54, 1.807) is 7.05 Å². The fourth-order valence-corrected chi connectivity index (χ4v) is 5.76. The van der Waals surface area contributed by atoms with Crippen LogP contribution in [-0.2, 0) is 16.6 Å². The van der Waals surface area contributed by atoms with Crippen LogP contribution in [0.3, 0.4) is 0 Å². The smallest absolute Gasteiger partial charge is 0.279 e. The topological polar surface area (TPSA) is 90.2 Å². The van der Waals surface area contributed by atoms with Crippen LogP contribution in [0, 0.1) is 0 Å². The highest BCUT2D eigenvalue weighted by molar-refractivity contribution is 7.89. The normalized spacial score (nSPS) is 13.9. The molecule has 0 unspecified atom stereocenters. The van der Waals surface area contributed by atoms with Crippen LogP contribution in [0.4, 0.5) is 0 Å². The van der Waals surface area contributed by atoms with E-state index in [2.05, 4.69) is 4.99 Å². The highest BCUT2D eigenvalue weighted by Crippen LogP contribution is 2.37. The van der Waals surface area contributed by atoms with Crippen LogP contribution in [-0.4, -0.2) is 43.6 Å². The monoisotopic (exact) mass is 475 g/mol. The first-order chi connectivity index (χ1) is 15.3. The maximum Gasteiger partial charge on any atom is 0.279 e. The summed E-state index contributed by atoms with van der Waals surface area (Å²) in [7, 11) is -2.01. The summed E-state index contributed by atoms with van der Waals surface area (Å²) in [6, 6.07) is 9.72. The van der Waals surface area contributed by atoms with Gasteiger partial charge in [0.2, 0.25) is 16.8 Å². The molecule has 0 bridgehead atoms. The van der Waals surface area contributed by atoms with Gasteiger partial charge in [0.05, 0.1) is 15.1 Å². The van der Waals surface area contributed by atoms with Gasteiger partial charge in [0, 0.05) is 37.8 Å². The van der Waals surface area contributed by atoms with Crippen LogP contribution in [0.2, 0.25) is 0 Å². The van der Waals surface area contributed by atoms with Crippen molar-refractivity contribution in [3.63, 3.8) is 0 Å². The predicted molar refractivity (Wildman–Crippen MR) is 123 cm³/mol. The zero-order valence-electron chi connectivity index (χ0n) is 18.2. The van der Waals surface area contributed by atoms with Gasteiger partial charge in [-0.3, -0.25) is 4.79 Å². The molecule has 1 aliphatic heterocycles. The molecule has 2 heterocycles. The molecule has 0 radical (unpaired) electrons. The fourth-order valence-electron chi connectivity index (χ4n) is 3.45. The lowest BCUT2D eigenvalue weighted by molar-refractivity contribution is 0.0997. The minimum atomic E-state index is -3.58. The number of carbonyl (C=O) groups excluding carboxylic acids is 1. The van der Waals surface area contributed by atoms with E-state index < -0.39 is 15.9 Å². The lowest BCUT2D eigenvalue weighted by Gasteiger charge is -2.16. The number of amides is 1. The van der Waals surface area contributed by atoms with Gasteiger partial charge in [0.15, 0.2) is 16.3 Å². The summed E-state index contributed by atoms with van der Waals surface area (Å²) in [5.41, 5.74) is 1.25. The largest absolute Gasteiger partial charge is 0.454 e. The number of aryl methyl sites for hydroxylation is 1. The summed E-state index contributed by atoms with van der Waals surface area (Å²) in [6.45, 7) is 5.28. The standard InChI is InChI=1S/C22H25N3O5S2/c1-4-6-11-24(3)32(27,28)16-9-7-15(8-10-16)21(26)23-22-25(5-2)17-12-18-19(30-14-29-18)13-20(17)31-22/h7-10,12-13H,4-6,11,14H2,1-3H3. The molecular formula is C22H25N3O5S2. The molecule has 2 aromatic carbocycles. The van der Waals surface area contributed by atoms with E-state index in [1.165, 1.54) is 39.9 Å². The Hall–Kier alpha value is -2.69. The average molecular weight is 476 g/mol. The van der Waals surface area contributed by atoms with E-state index in [0.29, 0.717) is 35.0 Å². The van der Waals surface area contributed by atoms with Crippen LogP contribution >= 0.6 is 11.3 Å². The first-order valence-corrected chi connectivity index (χ1v) is 12.7. The molecule has 32 heavy (non-hydrogen) atoms. The molecule has 0 saturated carbocycles. The number of thiazole rings is 1. The molecule has 1 aliphatic rings. The van der Waals surface area contributed by atoms with Crippen LogP contribution in [0.25, 0.3) is 10.2 Å². The molecule has 0 fully saturated rings. The van der Waals surface area contributed by atoms with Gasteiger partial charge in [-0.1, -0.05) is 24.7 Å². The second-order valence-electron chi connectivity index (χ2n) is 7.42. The van der Waals surface area contributed by atoms with Gasteiger partial charge < -0.3 is 14.0 Å². The highest BCUT2D eigenvalue weighted by Gasteiger charge is 2.21. The number of fused-ring (bicyclic) bond motifs is 2. The van der Waals surface area contributed by atoms with E-state index in [-0.39, 0.29) is 11.7 Å². The summed E-state index contributed by atoms with van der Waals surface area (Å²) in [5, 5.41) is 0. The number of sulfonamides is 1. The summed E-state index contributed by atoms with van der Waals surface area (Å²) in [5.74, 6) is 0.929. The summed E-state index contributed by atoms with van der Waals surface area (Å²) < 4.78 is 40.5. The molecule has 1 amide bonds. The number of hydrogen-bond donors (Lipinski definition) is 0. The number of nitrogens with zero attached hydrogens (tertiary/aromatic N) is 3. The van der Waals surface area contributed by atoms with E-state index >= 15 is 0 Å². The first kappa shape index (κ1) is 22.5. The number of rotatable bonds is 7. The van der Waals surface area contributed by atoms with Crippen LogP contribution in [0.5, 0.6) is 11.5 Å². The lowest BCUT2D eigenvalue weighted by Crippen LogP contribution is -2.27. The van der Waals surface area contributed by atoms with E-state index in [0.717, 1.165) is 23.1 Å². The third-order valence-corrected chi connectivity index (χ3v) is 8.24. The number of benzene rings is 2. The number of hydrogen-bond acceptors (Lipinski definition) is 6. The summed E-state index contributed by atoms with van der Waals surface area (Å²) >= 11 is 1.39. The van der Waals surface area contributed by atoms with Gasteiger partial charge in [-0.05, 0) is 37.6 Å². The molecule has 0 aliphatic carbocycles. The van der Waals surface area contributed by atoms with Crippen molar-refractivity contribution in [1.82, 2.24) is 8.87 Å². The van der Waals surface area contributed by atoms with Gasteiger partial charge >= 0.3 is 0 Å². The maximum atomic E-state index is 12.8. The molecule has 8 nitrogen and oxygen atoms in total. The Kier molecular flexibility index (Phi) is 6.36. The van der Waals surface area contributed by atoms with Crippen LogP contribution in [0.1, 0.15) is 37.0 Å². The van der Waals surface area contributed by atoms with Crippen molar-refractivity contribution in [2.24, 2.45) is 4.99 Å². The van der Waals surface area contributed by atoms with Gasteiger partial charge in [0.25, 0.3) is 5.91 Å². The Morgan fingerprint density at radius 3 is 2.50 bits per heavy atom. The molecule has 10 heteroatoms. The molecule has 4 rings (SSSR count). The van der Waals surface area contributed by atoms with Crippen molar-refractivity contribution in [1.29, 1.82) is 0 Å². The maximum absolute atomic E-state index is 12.8. The molecule has 0 saturated heterocycles.